The van der Waals surface area contributed by atoms with Crippen molar-refractivity contribution in [2.24, 2.45) is 5.14 Å². The van der Waals surface area contributed by atoms with Crippen LogP contribution in [0.15, 0.2) is 47.4 Å². The molecule has 0 spiro atoms. The number of aryl methyl sites for hydroxylation is 1. The topological polar surface area (TPSA) is 105 Å². The maximum Gasteiger partial charge on any atom is 0.238 e. The maximum absolute atomic E-state index is 11.4. The fourth-order valence-corrected chi connectivity index (χ4v) is 2.85. The molecule has 0 heterocycles. The molecule has 0 fully saturated rings. The molecule has 0 aliphatic rings. The van der Waals surface area contributed by atoms with Gasteiger partial charge in [0.15, 0.2) is 0 Å². The zero-order valence-electron chi connectivity index (χ0n) is 14.2. The van der Waals surface area contributed by atoms with E-state index in [4.69, 9.17) is 9.88 Å². The van der Waals surface area contributed by atoms with Gasteiger partial charge in [0.25, 0.3) is 0 Å². The molecule has 0 aliphatic heterocycles. The minimum Gasteiger partial charge on any atom is -0.488 e. The third-order valence-corrected chi connectivity index (χ3v) is 4.71. The molecule has 3 N–H and O–H groups in total. The zero-order valence-corrected chi connectivity index (χ0v) is 15.0. The smallest absolute Gasteiger partial charge is 0.238 e. The van der Waals surface area contributed by atoms with Gasteiger partial charge in [-0.3, -0.25) is 0 Å². The van der Waals surface area contributed by atoms with Crippen LogP contribution in [0.25, 0.3) is 0 Å². The third kappa shape index (κ3) is 4.95. The van der Waals surface area contributed by atoms with Crippen molar-refractivity contribution in [3.8, 4) is 11.8 Å². The van der Waals surface area contributed by atoms with Crippen molar-refractivity contribution in [2.75, 3.05) is 11.9 Å². The number of primary sulfonamides is 1. The first-order chi connectivity index (χ1) is 11.8. The number of para-hydroxylation sites is 1. The Labute approximate surface area is 148 Å². The van der Waals surface area contributed by atoms with E-state index in [1.807, 2.05) is 44.2 Å². The lowest BCUT2D eigenvalue weighted by atomic mass is 10.1. The van der Waals surface area contributed by atoms with Gasteiger partial charge in [0.2, 0.25) is 10.0 Å². The number of nitriles is 1. The number of hydrogen-bond acceptors (Lipinski definition) is 5. The van der Waals surface area contributed by atoms with E-state index in [0.717, 1.165) is 17.7 Å². The molecule has 132 valence electrons. The quantitative estimate of drug-likeness (QED) is 0.791. The van der Waals surface area contributed by atoms with Gasteiger partial charge in [0, 0.05) is 0 Å². The second-order valence-electron chi connectivity index (χ2n) is 5.66. The van der Waals surface area contributed by atoms with E-state index in [9.17, 15) is 13.7 Å². The Morgan fingerprint density at radius 1 is 1.28 bits per heavy atom. The van der Waals surface area contributed by atoms with Gasteiger partial charge in [-0.05, 0) is 43.2 Å². The van der Waals surface area contributed by atoms with E-state index < -0.39 is 10.0 Å². The van der Waals surface area contributed by atoms with Crippen molar-refractivity contribution in [1.82, 2.24) is 0 Å². The van der Waals surface area contributed by atoms with Crippen LogP contribution in [-0.2, 0) is 10.0 Å². The van der Waals surface area contributed by atoms with Crippen molar-refractivity contribution < 1.29 is 13.2 Å². The minimum atomic E-state index is -3.84. The molecule has 1 unspecified atom stereocenters. The largest absolute Gasteiger partial charge is 0.488 e. The summed E-state index contributed by atoms with van der Waals surface area (Å²) in [5.74, 6) is 0.821. The lowest BCUT2D eigenvalue weighted by molar-refractivity contribution is 0.208. The molecule has 0 radical (unpaired) electrons. The van der Waals surface area contributed by atoms with E-state index >= 15 is 0 Å². The fraction of sp³-hybridized carbons (Fsp3) is 0.278. The van der Waals surface area contributed by atoms with Crippen LogP contribution in [0.3, 0.4) is 0 Å². The van der Waals surface area contributed by atoms with E-state index in [0.29, 0.717) is 12.2 Å². The highest BCUT2D eigenvalue weighted by molar-refractivity contribution is 7.89. The number of nitrogens with one attached hydrogen (secondary N) is 1. The minimum absolute atomic E-state index is 0.0854. The van der Waals surface area contributed by atoms with Crippen molar-refractivity contribution in [3.05, 3.63) is 53.6 Å². The van der Waals surface area contributed by atoms with E-state index in [1.165, 1.54) is 12.1 Å². The van der Waals surface area contributed by atoms with Crippen LogP contribution < -0.4 is 15.2 Å². The van der Waals surface area contributed by atoms with Crippen LogP contribution in [0, 0.1) is 18.3 Å². The summed E-state index contributed by atoms with van der Waals surface area (Å²) in [7, 11) is -3.84. The highest BCUT2D eigenvalue weighted by Crippen LogP contribution is 2.21. The van der Waals surface area contributed by atoms with Crippen molar-refractivity contribution >= 4 is 15.7 Å². The molecule has 0 saturated carbocycles. The molecule has 0 aliphatic carbocycles. The average molecular weight is 359 g/mol. The van der Waals surface area contributed by atoms with Crippen molar-refractivity contribution in [1.29, 1.82) is 5.26 Å². The molecule has 2 aromatic rings. The highest BCUT2D eigenvalue weighted by Gasteiger charge is 2.14. The van der Waals surface area contributed by atoms with E-state index in [-0.39, 0.29) is 16.6 Å². The zero-order chi connectivity index (χ0) is 18.4. The average Bonchev–Trinajstić information content (AvgIpc) is 2.59. The summed E-state index contributed by atoms with van der Waals surface area (Å²) in [5.41, 5.74) is 1.81. The molecule has 0 bridgehead atoms. The number of nitrogens with zero attached hydrogens (tertiary/aromatic N) is 1. The lowest BCUT2D eigenvalue weighted by Crippen LogP contribution is -2.26. The monoisotopic (exact) mass is 359 g/mol. The van der Waals surface area contributed by atoms with E-state index in [2.05, 4.69) is 5.32 Å². The standard InChI is InChI=1S/C18H21N3O3S/c1-3-15(24-18-7-5-4-6-13(18)2)12-21-17-9-8-16(25(20,22)23)10-14(17)11-19/h4-10,15,21H,3,12H2,1-2H3,(H2,20,22,23). The molecule has 7 heteroatoms. The molecular weight excluding hydrogens is 338 g/mol. The summed E-state index contributed by atoms with van der Waals surface area (Å²) in [4.78, 5) is -0.0854. The van der Waals surface area contributed by atoms with Gasteiger partial charge in [-0.2, -0.15) is 5.26 Å². The van der Waals surface area contributed by atoms with Crippen LogP contribution in [0.4, 0.5) is 5.69 Å². The molecule has 0 aromatic heterocycles. The summed E-state index contributed by atoms with van der Waals surface area (Å²) in [5, 5.41) is 17.5. The SMILES string of the molecule is CCC(CNc1ccc(S(N)(=O)=O)cc1C#N)Oc1ccccc1C. The lowest BCUT2D eigenvalue weighted by Gasteiger charge is -2.20. The van der Waals surface area contributed by atoms with Gasteiger partial charge in [-0.1, -0.05) is 25.1 Å². The first-order valence-electron chi connectivity index (χ1n) is 7.88. The van der Waals surface area contributed by atoms with Gasteiger partial charge in [0.05, 0.1) is 22.7 Å². The number of ether oxygens (including phenoxy) is 1. The Morgan fingerprint density at radius 3 is 2.60 bits per heavy atom. The summed E-state index contributed by atoms with van der Waals surface area (Å²) < 4.78 is 28.8. The van der Waals surface area contributed by atoms with Crippen LogP contribution in [0.2, 0.25) is 0 Å². The third-order valence-electron chi connectivity index (χ3n) is 3.80. The molecule has 6 nitrogen and oxygen atoms in total. The first-order valence-corrected chi connectivity index (χ1v) is 9.43. The fourth-order valence-electron chi connectivity index (χ4n) is 2.31. The Balaban J connectivity index is 2.11. The Hall–Kier alpha value is -2.56. The van der Waals surface area contributed by atoms with Gasteiger partial charge < -0.3 is 10.1 Å². The molecule has 2 rings (SSSR count). The van der Waals surface area contributed by atoms with Crippen molar-refractivity contribution in [2.45, 2.75) is 31.3 Å². The number of anilines is 1. The maximum atomic E-state index is 11.4. The predicted octanol–water partition coefficient (Wildman–Crippen LogP) is 2.78. The van der Waals surface area contributed by atoms with Gasteiger partial charge in [-0.15, -0.1) is 0 Å². The van der Waals surface area contributed by atoms with Crippen LogP contribution in [-0.4, -0.2) is 21.1 Å². The summed E-state index contributed by atoms with van der Waals surface area (Å²) >= 11 is 0. The van der Waals surface area contributed by atoms with Crippen LogP contribution in [0.1, 0.15) is 24.5 Å². The predicted molar refractivity (Wildman–Crippen MR) is 96.9 cm³/mol. The molecule has 0 amide bonds. The number of nitrogens with two attached hydrogens (primary N) is 1. The number of sulfonamides is 1. The molecule has 1 atom stereocenters. The normalized spacial score (nSPS) is 12.2. The van der Waals surface area contributed by atoms with Gasteiger partial charge in [-0.25, -0.2) is 13.6 Å². The summed E-state index contributed by atoms with van der Waals surface area (Å²) in [6.07, 6.45) is 0.684. The highest BCUT2D eigenvalue weighted by atomic mass is 32.2. The number of hydrogen-bond donors (Lipinski definition) is 2. The van der Waals surface area contributed by atoms with Crippen LogP contribution >= 0.6 is 0 Å². The van der Waals surface area contributed by atoms with Gasteiger partial charge >= 0.3 is 0 Å². The molecular formula is C18H21N3O3S. The van der Waals surface area contributed by atoms with Crippen molar-refractivity contribution in [3.63, 3.8) is 0 Å². The van der Waals surface area contributed by atoms with Gasteiger partial charge in [0.1, 0.15) is 17.9 Å². The molecule has 0 saturated heterocycles. The summed E-state index contributed by atoms with van der Waals surface area (Å²) in [6.45, 7) is 4.48. The second kappa shape index (κ2) is 8.01. The second-order valence-corrected chi connectivity index (χ2v) is 7.22. The first kappa shape index (κ1) is 18.8. The van der Waals surface area contributed by atoms with E-state index in [1.54, 1.807) is 6.07 Å². The molecule has 25 heavy (non-hydrogen) atoms. The Morgan fingerprint density at radius 2 is 2.00 bits per heavy atom. The number of benzene rings is 2. The molecule has 2 aromatic carbocycles. The number of rotatable bonds is 7. The Kier molecular flexibility index (Phi) is 6.02. The summed E-state index contributed by atoms with van der Waals surface area (Å²) in [6, 6.07) is 13.9. The van der Waals surface area contributed by atoms with Crippen LogP contribution in [0.5, 0.6) is 5.75 Å². The Bertz CT molecular complexity index is 889.